The predicted molar refractivity (Wildman–Crippen MR) is 98.4 cm³/mol. The molecule has 1 aromatic heterocycles. The minimum Gasteiger partial charge on any atom is -0.404 e. The summed E-state index contributed by atoms with van der Waals surface area (Å²) < 4.78 is 41.2. The zero-order valence-corrected chi connectivity index (χ0v) is 15.2. The molecule has 1 fully saturated rings. The fourth-order valence-corrected chi connectivity index (χ4v) is 2.83. The van der Waals surface area contributed by atoms with Crippen LogP contribution in [0.4, 0.5) is 35.3 Å². The van der Waals surface area contributed by atoms with Crippen molar-refractivity contribution in [3.63, 3.8) is 0 Å². The van der Waals surface area contributed by atoms with Crippen LogP contribution in [-0.4, -0.2) is 35.5 Å². The molecule has 28 heavy (non-hydrogen) atoms. The first-order chi connectivity index (χ1) is 13.3. The number of rotatable bonds is 4. The van der Waals surface area contributed by atoms with Crippen molar-refractivity contribution in [2.24, 2.45) is 5.92 Å². The van der Waals surface area contributed by atoms with E-state index in [1.165, 1.54) is 30.6 Å². The Kier molecular flexibility index (Phi) is 5.86. The van der Waals surface area contributed by atoms with E-state index >= 15 is 0 Å². The average Bonchev–Trinajstić information content (AvgIpc) is 2.63. The van der Waals surface area contributed by atoms with Gasteiger partial charge in [-0.2, -0.15) is 0 Å². The second-order valence-corrected chi connectivity index (χ2v) is 6.56. The number of hydrogen-bond acceptors (Lipinski definition) is 5. The van der Waals surface area contributed by atoms with E-state index in [0.29, 0.717) is 17.6 Å². The van der Waals surface area contributed by atoms with Crippen molar-refractivity contribution in [3.8, 4) is 5.75 Å². The highest BCUT2D eigenvalue weighted by Crippen LogP contribution is 2.30. The summed E-state index contributed by atoms with van der Waals surface area (Å²) in [7, 11) is 0. The van der Waals surface area contributed by atoms with Gasteiger partial charge < -0.3 is 20.3 Å². The maximum absolute atomic E-state index is 12.4. The number of ether oxygens (including phenoxy) is 1. The van der Waals surface area contributed by atoms with Crippen LogP contribution in [0.5, 0.6) is 5.75 Å². The van der Waals surface area contributed by atoms with Gasteiger partial charge in [0.15, 0.2) is 5.75 Å². The smallest absolute Gasteiger partial charge is 0.404 e. The molecule has 0 unspecified atom stereocenters. The van der Waals surface area contributed by atoms with Gasteiger partial charge in [0.1, 0.15) is 0 Å². The molecule has 0 spiro atoms. The summed E-state index contributed by atoms with van der Waals surface area (Å²) in [4.78, 5) is 22.7. The molecule has 2 N–H and O–H groups in total. The van der Waals surface area contributed by atoms with Gasteiger partial charge in [-0.15, -0.1) is 13.2 Å². The third-order valence-electron chi connectivity index (χ3n) is 4.32. The minimum atomic E-state index is -4.86. The number of para-hydroxylation sites is 2. The Hall–Kier alpha value is -3.04. The zero-order valence-electron chi connectivity index (χ0n) is 15.2. The zero-order chi connectivity index (χ0) is 20.1. The standard InChI is InChI=1S/C18H20F3N5O2/c1-12-6-8-26(9-7-12)16-22-10-13(11-23-16)24-17(27)25-14-4-2-3-5-15(14)28-18(19,20)21/h2-5,10-12H,6-9H2,1H3,(H2,24,25,27). The highest BCUT2D eigenvalue weighted by atomic mass is 19.4. The summed E-state index contributed by atoms with van der Waals surface area (Å²) in [5, 5.41) is 4.81. The Morgan fingerprint density at radius 2 is 1.79 bits per heavy atom. The molecule has 7 nitrogen and oxygen atoms in total. The van der Waals surface area contributed by atoms with Gasteiger partial charge in [0.05, 0.1) is 23.8 Å². The summed E-state index contributed by atoms with van der Waals surface area (Å²) in [5.41, 5.74) is 0.207. The van der Waals surface area contributed by atoms with Gasteiger partial charge in [-0.1, -0.05) is 19.1 Å². The van der Waals surface area contributed by atoms with Crippen LogP contribution >= 0.6 is 0 Å². The molecule has 0 atom stereocenters. The summed E-state index contributed by atoms with van der Waals surface area (Å²) in [6.45, 7) is 3.97. The molecule has 1 aliphatic rings. The Labute approximate surface area is 159 Å². The topological polar surface area (TPSA) is 79.4 Å². The highest BCUT2D eigenvalue weighted by Gasteiger charge is 2.32. The van der Waals surface area contributed by atoms with E-state index in [9.17, 15) is 18.0 Å². The van der Waals surface area contributed by atoms with Crippen molar-refractivity contribution < 1.29 is 22.7 Å². The van der Waals surface area contributed by atoms with Crippen molar-refractivity contribution in [1.29, 1.82) is 0 Å². The number of halogens is 3. The summed E-state index contributed by atoms with van der Waals surface area (Å²) in [6, 6.07) is 4.54. The number of amides is 2. The normalized spacial score (nSPS) is 15.2. The molecular weight excluding hydrogens is 375 g/mol. The van der Waals surface area contributed by atoms with E-state index in [1.807, 2.05) is 0 Å². The minimum absolute atomic E-state index is 0.114. The van der Waals surface area contributed by atoms with E-state index in [1.54, 1.807) is 0 Å². The lowest BCUT2D eigenvalue weighted by molar-refractivity contribution is -0.274. The van der Waals surface area contributed by atoms with Gasteiger partial charge >= 0.3 is 12.4 Å². The van der Waals surface area contributed by atoms with Crippen molar-refractivity contribution in [2.45, 2.75) is 26.1 Å². The molecule has 2 aromatic rings. The molecule has 10 heteroatoms. The number of carbonyl (C=O) groups excluding carboxylic acids is 1. The number of nitrogens with one attached hydrogen (secondary N) is 2. The van der Waals surface area contributed by atoms with Crippen LogP contribution < -0.4 is 20.3 Å². The number of benzene rings is 1. The van der Waals surface area contributed by atoms with E-state index in [0.717, 1.165) is 32.0 Å². The molecule has 0 aliphatic carbocycles. The van der Waals surface area contributed by atoms with Crippen LogP contribution in [0.2, 0.25) is 0 Å². The van der Waals surface area contributed by atoms with Crippen LogP contribution in [0.25, 0.3) is 0 Å². The Bertz CT molecular complexity index is 806. The van der Waals surface area contributed by atoms with Crippen molar-refractivity contribution in [2.75, 3.05) is 28.6 Å². The quantitative estimate of drug-likeness (QED) is 0.809. The van der Waals surface area contributed by atoms with Crippen molar-refractivity contribution >= 4 is 23.4 Å². The van der Waals surface area contributed by atoms with Crippen LogP contribution in [0.1, 0.15) is 19.8 Å². The number of nitrogens with zero attached hydrogens (tertiary/aromatic N) is 3. The Balaban J connectivity index is 1.60. The van der Waals surface area contributed by atoms with Crippen molar-refractivity contribution in [1.82, 2.24) is 9.97 Å². The maximum Gasteiger partial charge on any atom is 0.573 e. The Morgan fingerprint density at radius 3 is 2.43 bits per heavy atom. The molecule has 1 aromatic carbocycles. The molecule has 2 amide bonds. The number of piperidine rings is 1. The average molecular weight is 395 g/mol. The third kappa shape index (κ3) is 5.48. The molecule has 1 aliphatic heterocycles. The van der Waals surface area contributed by atoms with Gasteiger partial charge in [-0.3, -0.25) is 0 Å². The molecule has 0 bridgehead atoms. The lowest BCUT2D eigenvalue weighted by Crippen LogP contribution is -2.34. The number of alkyl halides is 3. The number of carbonyl (C=O) groups is 1. The van der Waals surface area contributed by atoms with E-state index in [-0.39, 0.29) is 5.69 Å². The molecule has 2 heterocycles. The Morgan fingerprint density at radius 1 is 1.14 bits per heavy atom. The second-order valence-electron chi connectivity index (χ2n) is 6.56. The van der Waals surface area contributed by atoms with Crippen LogP contribution in [0.15, 0.2) is 36.7 Å². The van der Waals surface area contributed by atoms with Gasteiger partial charge in [0.2, 0.25) is 5.95 Å². The van der Waals surface area contributed by atoms with Crippen LogP contribution in [-0.2, 0) is 0 Å². The first kappa shape index (κ1) is 19.7. The fourth-order valence-electron chi connectivity index (χ4n) is 2.83. The lowest BCUT2D eigenvalue weighted by Gasteiger charge is -2.30. The maximum atomic E-state index is 12.4. The van der Waals surface area contributed by atoms with Gasteiger partial charge in [-0.05, 0) is 30.9 Å². The molecule has 3 rings (SSSR count). The summed E-state index contributed by atoms with van der Waals surface area (Å²) >= 11 is 0. The van der Waals surface area contributed by atoms with Crippen LogP contribution in [0.3, 0.4) is 0 Å². The van der Waals surface area contributed by atoms with E-state index in [4.69, 9.17) is 0 Å². The first-order valence-electron chi connectivity index (χ1n) is 8.80. The summed E-state index contributed by atoms with van der Waals surface area (Å²) in [5.74, 6) is 0.767. The van der Waals surface area contributed by atoms with Gasteiger partial charge in [0, 0.05) is 13.1 Å². The monoisotopic (exact) mass is 395 g/mol. The molecule has 150 valence electrons. The number of urea groups is 1. The van der Waals surface area contributed by atoms with Gasteiger partial charge in [-0.25, -0.2) is 14.8 Å². The molecule has 0 radical (unpaired) electrons. The third-order valence-corrected chi connectivity index (χ3v) is 4.32. The van der Waals surface area contributed by atoms with Crippen molar-refractivity contribution in [3.05, 3.63) is 36.7 Å². The predicted octanol–water partition coefficient (Wildman–Crippen LogP) is 4.26. The largest absolute Gasteiger partial charge is 0.573 e. The SMILES string of the molecule is CC1CCN(c2ncc(NC(=O)Nc3ccccc3OC(F)(F)F)cn2)CC1. The summed E-state index contributed by atoms with van der Waals surface area (Å²) in [6.07, 6.45) is 0.205. The second kappa shape index (κ2) is 8.32. The highest BCUT2D eigenvalue weighted by molar-refractivity contribution is 6.00. The number of anilines is 3. The molecular formula is C18H20F3N5O2. The van der Waals surface area contributed by atoms with Gasteiger partial charge in [0.25, 0.3) is 0 Å². The number of aromatic nitrogens is 2. The first-order valence-corrected chi connectivity index (χ1v) is 8.80. The van der Waals surface area contributed by atoms with E-state index < -0.39 is 18.1 Å². The fraction of sp³-hybridized carbons (Fsp3) is 0.389. The van der Waals surface area contributed by atoms with Crippen LogP contribution in [0, 0.1) is 5.92 Å². The van der Waals surface area contributed by atoms with E-state index in [2.05, 4.69) is 37.2 Å². The molecule has 0 saturated carbocycles. The number of hydrogen-bond donors (Lipinski definition) is 2. The lowest BCUT2D eigenvalue weighted by atomic mass is 10.00. The molecule has 1 saturated heterocycles.